The fourth-order valence-electron chi connectivity index (χ4n) is 1.68. The number of nitrogens with zero attached hydrogens (tertiary/aromatic N) is 2. The summed E-state index contributed by atoms with van der Waals surface area (Å²) in [6.07, 6.45) is 0.273. The average molecular weight is 367 g/mol. The minimum atomic E-state index is -3.97. The van der Waals surface area contributed by atoms with Gasteiger partial charge in [0.15, 0.2) is 4.90 Å². The monoisotopic (exact) mass is 366 g/mol. The van der Waals surface area contributed by atoms with E-state index in [4.69, 9.17) is 5.11 Å². The Balaban J connectivity index is 3.32. The lowest BCUT2D eigenvalue weighted by molar-refractivity contribution is -0.387. The minimum Gasteiger partial charge on any atom is -0.396 e. The predicted octanol–water partition coefficient (Wildman–Crippen LogP) is 1.75. The summed E-state index contributed by atoms with van der Waals surface area (Å²) in [5.74, 6) is 0. The van der Waals surface area contributed by atoms with Gasteiger partial charge in [-0.25, -0.2) is 8.42 Å². The molecular weight excluding hydrogens is 352 g/mol. The normalized spacial score (nSPS) is 11.8. The first-order chi connectivity index (χ1) is 9.34. The van der Waals surface area contributed by atoms with Crippen LogP contribution >= 0.6 is 15.9 Å². The van der Waals surface area contributed by atoms with Gasteiger partial charge in [0.1, 0.15) is 0 Å². The highest BCUT2D eigenvalue weighted by atomic mass is 79.9. The molecule has 20 heavy (non-hydrogen) atoms. The standard InChI is InChI=1S/C11H15BrN2O5S/c1-2-13(6-3-7-15)20(18,19)11-8-9(12)4-5-10(11)14(16)17/h4-5,8,15H,2-3,6-7H2,1H3. The van der Waals surface area contributed by atoms with Crippen molar-refractivity contribution in [3.05, 3.63) is 32.8 Å². The third kappa shape index (κ3) is 3.75. The van der Waals surface area contributed by atoms with Gasteiger partial charge < -0.3 is 5.11 Å². The number of nitro benzene ring substituents is 1. The maximum Gasteiger partial charge on any atom is 0.289 e. The molecule has 1 N–H and O–H groups in total. The summed E-state index contributed by atoms with van der Waals surface area (Å²) in [5, 5.41) is 19.8. The molecule has 0 unspecified atom stereocenters. The molecule has 0 heterocycles. The summed E-state index contributed by atoms with van der Waals surface area (Å²) in [4.78, 5) is 9.90. The van der Waals surface area contributed by atoms with Gasteiger partial charge in [-0.05, 0) is 18.6 Å². The van der Waals surface area contributed by atoms with E-state index >= 15 is 0 Å². The van der Waals surface area contributed by atoms with Gasteiger partial charge in [0.05, 0.1) is 4.92 Å². The Hall–Kier alpha value is -1.03. The second-order valence-electron chi connectivity index (χ2n) is 3.94. The number of hydrogen-bond donors (Lipinski definition) is 1. The number of hydrogen-bond acceptors (Lipinski definition) is 5. The van der Waals surface area contributed by atoms with E-state index in [9.17, 15) is 18.5 Å². The molecular formula is C11H15BrN2O5S. The van der Waals surface area contributed by atoms with Crippen LogP contribution in [-0.4, -0.2) is 42.4 Å². The summed E-state index contributed by atoms with van der Waals surface area (Å²) in [5.41, 5.74) is -0.462. The van der Waals surface area contributed by atoms with Gasteiger partial charge in [-0.15, -0.1) is 0 Å². The third-order valence-electron chi connectivity index (χ3n) is 2.65. The molecule has 0 bridgehead atoms. The molecule has 0 aliphatic carbocycles. The van der Waals surface area contributed by atoms with Crippen molar-refractivity contribution in [1.29, 1.82) is 0 Å². The molecule has 1 aromatic carbocycles. The number of nitro groups is 1. The van der Waals surface area contributed by atoms with Crippen LogP contribution in [0.2, 0.25) is 0 Å². The Bertz CT molecular complexity index is 590. The lowest BCUT2D eigenvalue weighted by atomic mass is 10.3. The molecule has 112 valence electrons. The van der Waals surface area contributed by atoms with Crippen LogP contribution in [0.15, 0.2) is 27.6 Å². The van der Waals surface area contributed by atoms with Crippen molar-refractivity contribution in [3.63, 3.8) is 0 Å². The summed E-state index contributed by atoms with van der Waals surface area (Å²) >= 11 is 3.12. The summed E-state index contributed by atoms with van der Waals surface area (Å²) in [6.45, 7) is 1.77. The average Bonchev–Trinajstić information content (AvgIpc) is 2.38. The van der Waals surface area contributed by atoms with Crippen LogP contribution in [0.1, 0.15) is 13.3 Å². The van der Waals surface area contributed by atoms with Crippen molar-refractivity contribution >= 4 is 31.6 Å². The summed E-state index contributed by atoms with van der Waals surface area (Å²) < 4.78 is 26.5. The number of rotatable bonds is 7. The van der Waals surface area contributed by atoms with Crippen LogP contribution in [0.5, 0.6) is 0 Å². The summed E-state index contributed by atoms with van der Waals surface area (Å²) in [7, 11) is -3.97. The van der Waals surface area contributed by atoms with E-state index in [2.05, 4.69) is 15.9 Å². The first-order valence-electron chi connectivity index (χ1n) is 5.89. The maximum atomic E-state index is 12.5. The molecule has 0 saturated carbocycles. The van der Waals surface area contributed by atoms with Crippen molar-refractivity contribution in [2.75, 3.05) is 19.7 Å². The van der Waals surface area contributed by atoms with Gasteiger partial charge in [-0.3, -0.25) is 10.1 Å². The smallest absolute Gasteiger partial charge is 0.289 e. The third-order valence-corrected chi connectivity index (χ3v) is 5.15. The lowest BCUT2D eigenvalue weighted by Crippen LogP contribution is -2.32. The number of halogens is 1. The zero-order chi connectivity index (χ0) is 15.3. The van der Waals surface area contributed by atoms with Crippen molar-refractivity contribution in [2.24, 2.45) is 0 Å². The van der Waals surface area contributed by atoms with E-state index in [1.54, 1.807) is 6.92 Å². The number of aliphatic hydroxyl groups is 1. The zero-order valence-corrected chi connectivity index (χ0v) is 13.2. The second-order valence-corrected chi connectivity index (χ2v) is 6.77. The van der Waals surface area contributed by atoms with Gasteiger partial charge in [0.2, 0.25) is 10.0 Å². The summed E-state index contributed by atoms with van der Waals surface area (Å²) in [6, 6.07) is 3.78. The largest absolute Gasteiger partial charge is 0.396 e. The van der Waals surface area contributed by atoms with E-state index in [1.807, 2.05) is 0 Å². The molecule has 0 radical (unpaired) electrons. The van der Waals surface area contributed by atoms with E-state index in [0.717, 1.165) is 10.4 Å². The van der Waals surface area contributed by atoms with Gasteiger partial charge in [-0.1, -0.05) is 22.9 Å². The highest BCUT2D eigenvalue weighted by Gasteiger charge is 2.30. The number of benzene rings is 1. The Kier molecular flexibility index (Phi) is 6.06. The fourth-order valence-corrected chi connectivity index (χ4v) is 3.86. The first-order valence-corrected chi connectivity index (χ1v) is 8.12. The van der Waals surface area contributed by atoms with Crippen LogP contribution in [0, 0.1) is 10.1 Å². The van der Waals surface area contributed by atoms with Gasteiger partial charge in [-0.2, -0.15) is 4.31 Å². The fraction of sp³-hybridized carbons (Fsp3) is 0.455. The molecule has 9 heteroatoms. The van der Waals surface area contributed by atoms with Gasteiger partial charge in [0.25, 0.3) is 5.69 Å². The first kappa shape index (κ1) is 17.0. The molecule has 0 atom stereocenters. The van der Waals surface area contributed by atoms with E-state index in [0.29, 0.717) is 4.47 Å². The van der Waals surface area contributed by atoms with Crippen molar-refractivity contribution < 1.29 is 18.4 Å². The van der Waals surface area contributed by atoms with E-state index in [-0.39, 0.29) is 31.0 Å². The maximum absolute atomic E-state index is 12.5. The van der Waals surface area contributed by atoms with Crippen molar-refractivity contribution in [1.82, 2.24) is 4.31 Å². The highest BCUT2D eigenvalue weighted by molar-refractivity contribution is 9.10. The van der Waals surface area contributed by atoms with E-state index < -0.39 is 20.6 Å². The van der Waals surface area contributed by atoms with Crippen LogP contribution in [-0.2, 0) is 10.0 Å². The molecule has 0 saturated heterocycles. The Morgan fingerprint density at radius 1 is 1.45 bits per heavy atom. The van der Waals surface area contributed by atoms with Gasteiger partial charge >= 0.3 is 0 Å². The molecule has 0 amide bonds. The second kappa shape index (κ2) is 7.11. The van der Waals surface area contributed by atoms with Gasteiger partial charge in [0, 0.05) is 30.2 Å². The molecule has 0 fully saturated rings. The Morgan fingerprint density at radius 2 is 2.10 bits per heavy atom. The van der Waals surface area contributed by atoms with Crippen LogP contribution in [0.25, 0.3) is 0 Å². The molecule has 7 nitrogen and oxygen atoms in total. The zero-order valence-electron chi connectivity index (χ0n) is 10.8. The molecule has 0 aliphatic rings. The van der Waals surface area contributed by atoms with E-state index in [1.165, 1.54) is 12.1 Å². The minimum absolute atomic E-state index is 0.110. The SMILES string of the molecule is CCN(CCCO)S(=O)(=O)c1cc(Br)ccc1[N+](=O)[O-]. The Labute approximate surface area is 125 Å². The number of sulfonamides is 1. The van der Waals surface area contributed by atoms with Crippen LogP contribution < -0.4 is 0 Å². The number of aliphatic hydroxyl groups excluding tert-OH is 1. The Morgan fingerprint density at radius 3 is 2.60 bits per heavy atom. The topological polar surface area (TPSA) is 101 Å². The van der Waals surface area contributed by atoms with Crippen molar-refractivity contribution in [3.8, 4) is 0 Å². The lowest BCUT2D eigenvalue weighted by Gasteiger charge is -2.20. The molecule has 1 aromatic rings. The molecule has 0 spiro atoms. The predicted molar refractivity (Wildman–Crippen MR) is 76.9 cm³/mol. The van der Waals surface area contributed by atoms with Crippen LogP contribution in [0.3, 0.4) is 0 Å². The molecule has 1 rings (SSSR count). The molecule has 0 aliphatic heterocycles. The highest BCUT2D eigenvalue weighted by Crippen LogP contribution is 2.29. The molecule has 0 aromatic heterocycles. The quantitative estimate of drug-likeness (QED) is 0.585. The van der Waals surface area contributed by atoms with Crippen molar-refractivity contribution in [2.45, 2.75) is 18.2 Å². The van der Waals surface area contributed by atoms with Crippen LogP contribution in [0.4, 0.5) is 5.69 Å².